The molecule has 5 nitrogen and oxygen atoms in total. The molecule has 1 aliphatic heterocycles. The molecule has 3 aromatic rings. The first-order valence-corrected chi connectivity index (χ1v) is 11.0. The first kappa shape index (κ1) is 20.3. The van der Waals surface area contributed by atoms with E-state index in [2.05, 4.69) is 24.1 Å². The summed E-state index contributed by atoms with van der Waals surface area (Å²) in [5.74, 6) is -0.279. The number of nitrogens with one attached hydrogen (secondary N) is 1. The van der Waals surface area contributed by atoms with Crippen LogP contribution < -0.4 is 5.32 Å². The molecule has 0 saturated heterocycles. The van der Waals surface area contributed by atoms with Crippen LogP contribution in [-0.4, -0.2) is 28.2 Å². The lowest BCUT2D eigenvalue weighted by molar-refractivity contribution is -0.124. The Balaban J connectivity index is 1.74. The molecule has 0 bridgehead atoms. The maximum absolute atomic E-state index is 13.5. The summed E-state index contributed by atoms with van der Waals surface area (Å²) in [5, 5.41) is 5.05. The number of hydrogen-bond acceptors (Lipinski definition) is 4. The predicted octanol–water partition coefficient (Wildman–Crippen LogP) is 4.40. The zero-order valence-electron chi connectivity index (χ0n) is 17.1. The molecular formula is C24H25N3O2S. The fraction of sp³-hybridized carbons (Fsp3) is 0.292. The molecule has 2 aromatic heterocycles. The Labute approximate surface area is 180 Å². The maximum Gasteiger partial charge on any atom is 0.254 e. The summed E-state index contributed by atoms with van der Waals surface area (Å²) in [7, 11) is 0. The molecule has 0 aliphatic carbocycles. The van der Waals surface area contributed by atoms with Gasteiger partial charge >= 0.3 is 0 Å². The van der Waals surface area contributed by atoms with Gasteiger partial charge in [-0.05, 0) is 41.1 Å². The van der Waals surface area contributed by atoms with E-state index in [4.69, 9.17) is 0 Å². The normalized spacial score (nSPS) is 18.4. The second kappa shape index (κ2) is 8.79. The van der Waals surface area contributed by atoms with Crippen molar-refractivity contribution < 1.29 is 9.59 Å². The van der Waals surface area contributed by atoms with Crippen LogP contribution in [0.3, 0.4) is 0 Å². The number of amides is 2. The van der Waals surface area contributed by atoms with E-state index in [1.807, 2.05) is 64.9 Å². The van der Waals surface area contributed by atoms with Crippen LogP contribution in [-0.2, 0) is 11.3 Å². The van der Waals surface area contributed by atoms with Crippen molar-refractivity contribution in [3.63, 3.8) is 0 Å². The molecule has 1 aromatic carbocycles. The van der Waals surface area contributed by atoms with Gasteiger partial charge in [-0.2, -0.15) is 0 Å². The number of carbonyl (C=O) groups excluding carboxylic acids is 2. The highest BCUT2D eigenvalue weighted by atomic mass is 32.1. The van der Waals surface area contributed by atoms with Crippen LogP contribution >= 0.6 is 11.3 Å². The van der Waals surface area contributed by atoms with Gasteiger partial charge in [-0.1, -0.05) is 44.2 Å². The third-order valence-electron chi connectivity index (χ3n) is 5.29. The van der Waals surface area contributed by atoms with Gasteiger partial charge in [0.05, 0.1) is 24.2 Å². The zero-order chi connectivity index (χ0) is 21.1. The molecule has 1 N–H and O–H groups in total. The average Bonchev–Trinajstić information content (AvgIpc) is 3.29. The van der Waals surface area contributed by atoms with Crippen LogP contribution in [0.1, 0.15) is 52.3 Å². The highest BCUT2D eigenvalue weighted by Gasteiger charge is 2.44. The molecule has 2 unspecified atom stereocenters. The third kappa shape index (κ3) is 4.00. The number of hydrogen-bond donors (Lipinski definition) is 1. The number of nitrogens with zero attached hydrogens (tertiary/aromatic N) is 2. The van der Waals surface area contributed by atoms with E-state index in [-0.39, 0.29) is 17.9 Å². The van der Waals surface area contributed by atoms with E-state index >= 15 is 0 Å². The molecule has 154 valence electrons. The van der Waals surface area contributed by atoms with Crippen LogP contribution in [0.15, 0.2) is 66.2 Å². The van der Waals surface area contributed by atoms with Crippen LogP contribution in [0.2, 0.25) is 0 Å². The third-order valence-corrected chi connectivity index (χ3v) is 6.23. The average molecular weight is 420 g/mol. The molecule has 0 radical (unpaired) electrons. The van der Waals surface area contributed by atoms with Crippen LogP contribution in [0, 0.1) is 5.92 Å². The van der Waals surface area contributed by atoms with Crippen molar-refractivity contribution in [1.82, 2.24) is 15.2 Å². The Morgan fingerprint density at radius 1 is 1.13 bits per heavy atom. The molecule has 0 spiro atoms. The molecule has 2 atom stereocenters. The summed E-state index contributed by atoms with van der Waals surface area (Å²) in [5.41, 5.74) is 2.21. The second-order valence-electron chi connectivity index (χ2n) is 7.92. The van der Waals surface area contributed by atoms with Crippen molar-refractivity contribution >= 4 is 23.2 Å². The standard InChI is InChI=1S/C24H25N3O2S/c1-16(2)15-27-22(20-11-7-13-30-20)21(18-9-3-4-10-19(18)24(27)29)23(28)26-14-17-8-5-6-12-25-17/h3-13,16,21-22H,14-15H2,1-2H3,(H,26,28). The van der Waals surface area contributed by atoms with Gasteiger partial charge in [0.15, 0.2) is 0 Å². The molecule has 0 saturated carbocycles. The highest BCUT2D eigenvalue weighted by molar-refractivity contribution is 7.10. The number of pyridine rings is 1. The van der Waals surface area contributed by atoms with Crippen LogP contribution in [0.4, 0.5) is 0 Å². The van der Waals surface area contributed by atoms with E-state index in [0.717, 1.165) is 16.1 Å². The number of benzene rings is 1. The lowest BCUT2D eigenvalue weighted by Gasteiger charge is -2.42. The van der Waals surface area contributed by atoms with Gasteiger partial charge in [0, 0.05) is 23.2 Å². The minimum absolute atomic E-state index is 0.00789. The summed E-state index contributed by atoms with van der Waals surface area (Å²) >= 11 is 1.59. The molecule has 1 aliphatic rings. The van der Waals surface area contributed by atoms with Gasteiger partial charge in [-0.3, -0.25) is 14.6 Å². The first-order chi connectivity index (χ1) is 14.6. The monoisotopic (exact) mass is 419 g/mol. The van der Waals surface area contributed by atoms with Crippen molar-refractivity contribution in [2.24, 2.45) is 5.92 Å². The Hall–Kier alpha value is -2.99. The fourth-order valence-electron chi connectivity index (χ4n) is 4.04. The Morgan fingerprint density at radius 2 is 1.93 bits per heavy atom. The van der Waals surface area contributed by atoms with E-state index < -0.39 is 5.92 Å². The van der Waals surface area contributed by atoms with Gasteiger partial charge in [0.2, 0.25) is 5.91 Å². The quantitative estimate of drug-likeness (QED) is 0.644. The lowest BCUT2D eigenvalue weighted by Crippen LogP contribution is -2.48. The maximum atomic E-state index is 13.5. The smallest absolute Gasteiger partial charge is 0.254 e. The molecule has 0 fully saturated rings. The van der Waals surface area contributed by atoms with Crippen molar-refractivity contribution in [3.05, 3.63) is 87.9 Å². The molecular weight excluding hydrogens is 394 g/mol. The Morgan fingerprint density at radius 3 is 2.63 bits per heavy atom. The lowest BCUT2D eigenvalue weighted by atomic mass is 9.81. The van der Waals surface area contributed by atoms with E-state index in [1.165, 1.54) is 0 Å². The van der Waals surface area contributed by atoms with Gasteiger partial charge < -0.3 is 10.2 Å². The summed E-state index contributed by atoms with van der Waals surface area (Å²) in [4.78, 5) is 34.1. The van der Waals surface area contributed by atoms with E-state index in [0.29, 0.717) is 24.6 Å². The molecule has 30 heavy (non-hydrogen) atoms. The van der Waals surface area contributed by atoms with Gasteiger partial charge in [0.25, 0.3) is 5.91 Å². The van der Waals surface area contributed by atoms with E-state index in [9.17, 15) is 9.59 Å². The SMILES string of the molecule is CC(C)CN1C(=O)c2ccccc2C(C(=O)NCc2ccccn2)C1c1cccs1. The minimum atomic E-state index is -0.472. The Bertz CT molecular complexity index is 1020. The largest absolute Gasteiger partial charge is 0.350 e. The summed E-state index contributed by atoms with van der Waals surface area (Å²) in [6.45, 7) is 5.14. The van der Waals surface area contributed by atoms with Crippen LogP contribution in [0.25, 0.3) is 0 Å². The number of rotatable bonds is 6. The van der Waals surface area contributed by atoms with Crippen molar-refractivity contribution in [3.8, 4) is 0 Å². The first-order valence-electron chi connectivity index (χ1n) is 10.2. The van der Waals surface area contributed by atoms with Gasteiger partial charge in [-0.15, -0.1) is 11.3 Å². The molecule has 3 heterocycles. The Kier molecular flexibility index (Phi) is 5.95. The predicted molar refractivity (Wildman–Crippen MR) is 118 cm³/mol. The summed E-state index contributed by atoms with van der Waals surface area (Å²) in [6, 6.07) is 16.8. The van der Waals surface area contributed by atoms with Crippen LogP contribution in [0.5, 0.6) is 0 Å². The fourth-order valence-corrected chi connectivity index (χ4v) is 4.91. The van der Waals surface area contributed by atoms with Gasteiger partial charge in [0.1, 0.15) is 0 Å². The van der Waals surface area contributed by atoms with Crippen molar-refractivity contribution in [1.29, 1.82) is 0 Å². The summed E-state index contributed by atoms with van der Waals surface area (Å²) < 4.78 is 0. The number of thiophene rings is 1. The zero-order valence-corrected chi connectivity index (χ0v) is 17.9. The number of aromatic nitrogens is 1. The number of fused-ring (bicyclic) bond motifs is 1. The summed E-state index contributed by atoms with van der Waals surface area (Å²) in [6.07, 6.45) is 1.72. The number of carbonyl (C=O) groups is 2. The minimum Gasteiger partial charge on any atom is -0.350 e. The van der Waals surface area contributed by atoms with Gasteiger partial charge in [-0.25, -0.2) is 0 Å². The second-order valence-corrected chi connectivity index (χ2v) is 8.89. The van der Waals surface area contributed by atoms with Crippen molar-refractivity contribution in [2.75, 3.05) is 6.54 Å². The topological polar surface area (TPSA) is 62.3 Å². The molecule has 4 rings (SSSR count). The van der Waals surface area contributed by atoms with E-state index in [1.54, 1.807) is 17.5 Å². The molecule has 2 amide bonds. The van der Waals surface area contributed by atoms with Crippen molar-refractivity contribution in [2.45, 2.75) is 32.4 Å². The highest BCUT2D eigenvalue weighted by Crippen LogP contribution is 2.44. The molecule has 6 heteroatoms.